The molecule has 7 nitrogen and oxygen atoms in total. The fraction of sp³-hybridized carbons (Fsp3) is 0.542. The van der Waals surface area contributed by atoms with Crippen LogP contribution in [0.1, 0.15) is 56.6 Å². The number of alkyl halides is 3. The summed E-state index contributed by atoms with van der Waals surface area (Å²) >= 11 is 1.41. The number of piperidine rings is 1. The smallest absolute Gasteiger partial charge is 0.379 e. The Labute approximate surface area is 206 Å². The van der Waals surface area contributed by atoms with Crippen molar-refractivity contribution in [1.82, 2.24) is 20.1 Å². The molecule has 1 N–H and O–H groups in total. The fourth-order valence-electron chi connectivity index (χ4n) is 4.42. The summed E-state index contributed by atoms with van der Waals surface area (Å²) in [5.41, 5.74) is -0.845. The SMILES string of the molecule is O=C(NCCCN1CCOCC1)c1csc(C2CCN(C(=O)c3ccccc3C(F)(F)F)CC2)n1. The number of nitrogens with one attached hydrogen (secondary N) is 1. The van der Waals surface area contributed by atoms with Gasteiger partial charge in [-0.2, -0.15) is 13.2 Å². The first kappa shape index (κ1) is 25.6. The van der Waals surface area contributed by atoms with Gasteiger partial charge >= 0.3 is 6.18 Å². The highest BCUT2D eigenvalue weighted by Gasteiger charge is 2.36. The molecule has 2 aromatic rings. The van der Waals surface area contributed by atoms with Gasteiger partial charge in [-0.1, -0.05) is 12.1 Å². The van der Waals surface area contributed by atoms with Gasteiger partial charge in [0.25, 0.3) is 11.8 Å². The third-order valence-electron chi connectivity index (χ3n) is 6.39. The van der Waals surface area contributed by atoms with Crippen molar-refractivity contribution in [2.75, 3.05) is 52.5 Å². The predicted molar refractivity (Wildman–Crippen MR) is 126 cm³/mol. The van der Waals surface area contributed by atoms with Gasteiger partial charge in [-0.3, -0.25) is 14.5 Å². The van der Waals surface area contributed by atoms with Crippen LogP contribution in [0.15, 0.2) is 29.6 Å². The Balaban J connectivity index is 1.25. The lowest BCUT2D eigenvalue weighted by Gasteiger charge is -2.31. The summed E-state index contributed by atoms with van der Waals surface area (Å²) < 4.78 is 45.2. The van der Waals surface area contributed by atoms with Crippen LogP contribution >= 0.6 is 11.3 Å². The summed E-state index contributed by atoms with van der Waals surface area (Å²) in [5.74, 6) is -0.733. The van der Waals surface area contributed by atoms with Crippen LogP contribution in [0, 0.1) is 0 Å². The molecule has 2 amide bonds. The van der Waals surface area contributed by atoms with Crippen LogP contribution in [0.3, 0.4) is 0 Å². The number of ether oxygens (including phenoxy) is 1. The number of morpholine rings is 1. The van der Waals surface area contributed by atoms with Crippen LogP contribution in [-0.4, -0.2) is 79.1 Å². The number of thiazole rings is 1. The fourth-order valence-corrected chi connectivity index (χ4v) is 5.39. The van der Waals surface area contributed by atoms with E-state index in [1.165, 1.54) is 34.4 Å². The highest BCUT2D eigenvalue weighted by molar-refractivity contribution is 7.09. The van der Waals surface area contributed by atoms with E-state index in [4.69, 9.17) is 4.74 Å². The van der Waals surface area contributed by atoms with E-state index in [0.29, 0.717) is 38.2 Å². The summed E-state index contributed by atoms with van der Waals surface area (Å²) in [4.78, 5) is 33.5. The predicted octanol–water partition coefficient (Wildman–Crippen LogP) is 3.63. The molecule has 0 radical (unpaired) electrons. The van der Waals surface area contributed by atoms with E-state index in [9.17, 15) is 22.8 Å². The number of likely N-dealkylation sites (tertiary alicyclic amines) is 1. The number of nitrogens with zero attached hydrogens (tertiary/aromatic N) is 3. The summed E-state index contributed by atoms with van der Waals surface area (Å²) in [6, 6.07) is 4.89. The van der Waals surface area contributed by atoms with Gasteiger partial charge in [-0.15, -0.1) is 11.3 Å². The molecule has 2 aliphatic heterocycles. The lowest BCUT2D eigenvalue weighted by molar-refractivity contribution is -0.138. The van der Waals surface area contributed by atoms with Crippen molar-refractivity contribution in [3.8, 4) is 0 Å². The van der Waals surface area contributed by atoms with E-state index >= 15 is 0 Å². The molecule has 11 heteroatoms. The number of hydrogen-bond donors (Lipinski definition) is 1. The van der Waals surface area contributed by atoms with Gasteiger partial charge in [0.1, 0.15) is 5.69 Å². The second-order valence-corrected chi connectivity index (χ2v) is 9.63. The van der Waals surface area contributed by atoms with Gasteiger partial charge in [-0.05, 0) is 37.9 Å². The average Bonchev–Trinajstić information content (AvgIpc) is 3.37. The quantitative estimate of drug-likeness (QED) is 0.576. The summed E-state index contributed by atoms with van der Waals surface area (Å²) in [7, 11) is 0. The van der Waals surface area contributed by atoms with Crippen molar-refractivity contribution in [3.63, 3.8) is 0 Å². The number of carbonyl (C=O) groups is 2. The summed E-state index contributed by atoms with van der Waals surface area (Å²) in [6.07, 6.45) is -2.54. The van der Waals surface area contributed by atoms with Crippen molar-refractivity contribution in [3.05, 3.63) is 51.5 Å². The van der Waals surface area contributed by atoms with E-state index in [-0.39, 0.29) is 17.4 Å². The maximum atomic E-state index is 13.3. The monoisotopic (exact) mass is 510 g/mol. The van der Waals surface area contributed by atoms with E-state index in [1.54, 1.807) is 5.38 Å². The number of halogens is 3. The van der Waals surface area contributed by atoms with Crippen LogP contribution in [0.2, 0.25) is 0 Å². The second kappa shape index (κ2) is 11.5. The van der Waals surface area contributed by atoms with Gasteiger partial charge in [0.15, 0.2) is 0 Å². The van der Waals surface area contributed by atoms with Crippen LogP contribution < -0.4 is 5.32 Å². The van der Waals surface area contributed by atoms with Crippen LogP contribution in [0.4, 0.5) is 13.2 Å². The van der Waals surface area contributed by atoms with Crippen molar-refractivity contribution in [2.24, 2.45) is 0 Å². The van der Waals surface area contributed by atoms with Gasteiger partial charge in [0.05, 0.1) is 29.3 Å². The molecule has 4 rings (SSSR count). The molecule has 2 aliphatic rings. The first-order chi connectivity index (χ1) is 16.8. The van der Waals surface area contributed by atoms with Gasteiger partial charge in [0, 0.05) is 44.0 Å². The second-order valence-electron chi connectivity index (χ2n) is 8.74. The van der Waals surface area contributed by atoms with E-state index in [0.717, 1.165) is 50.3 Å². The Morgan fingerprint density at radius 2 is 1.83 bits per heavy atom. The molecule has 0 saturated carbocycles. The van der Waals surface area contributed by atoms with E-state index in [2.05, 4.69) is 15.2 Å². The Hall–Kier alpha value is -2.50. The zero-order valence-electron chi connectivity index (χ0n) is 19.4. The molecular weight excluding hydrogens is 481 g/mol. The van der Waals surface area contributed by atoms with E-state index < -0.39 is 17.6 Å². The average molecular weight is 511 g/mol. The minimum atomic E-state index is -4.58. The zero-order chi connectivity index (χ0) is 24.8. The van der Waals surface area contributed by atoms with Gasteiger partial charge in [0.2, 0.25) is 0 Å². The molecule has 0 unspecified atom stereocenters. The summed E-state index contributed by atoms with van der Waals surface area (Å²) in [6.45, 7) is 5.52. The maximum Gasteiger partial charge on any atom is 0.417 e. The highest BCUT2D eigenvalue weighted by atomic mass is 32.1. The molecule has 3 heterocycles. The number of rotatable bonds is 7. The molecule has 0 aliphatic carbocycles. The number of carbonyl (C=O) groups excluding carboxylic acids is 2. The molecule has 2 fully saturated rings. The lowest BCUT2D eigenvalue weighted by atomic mass is 9.96. The van der Waals surface area contributed by atoms with Gasteiger partial charge < -0.3 is 15.0 Å². The largest absolute Gasteiger partial charge is 0.417 e. The van der Waals surface area contributed by atoms with Crippen molar-refractivity contribution in [2.45, 2.75) is 31.4 Å². The highest BCUT2D eigenvalue weighted by Crippen LogP contribution is 2.34. The number of amides is 2. The molecule has 0 spiro atoms. The first-order valence-corrected chi connectivity index (χ1v) is 12.7. The normalized spacial score (nSPS) is 18.0. The lowest BCUT2D eigenvalue weighted by Crippen LogP contribution is -2.38. The molecular formula is C24H29F3N4O3S. The van der Waals surface area contributed by atoms with Gasteiger partial charge in [-0.25, -0.2) is 4.98 Å². The van der Waals surface area contributed by atoms with Crippen LogP contribution in [0.25, 0.3) is 0 Å². The minimum Gasteiger partial charge on any atom is -0.379 e. The van der Waals surface area contributed by atoms with Crippen molar-refractivity contribution >= 4 is 23.2 Å². The van der Waals surface area contributed by atoms with Crippen LogP contribution in [0.5, 0.6) is 0 Å². The topological polar surface area (TPSA) is 74.8 Å². The number of hydrogen-bond acceptors (Lipinski definition) is 6. The van der Waals surface area contributed by atoms with Crippen LogP contribution in [-0.2, 0) is 10.9 Å². The third kappa shape index (κ3) is 6.59. The van der Waals surface area contributed by atoms with Crippen molar-refractivity contribution < 1.29 is 27.5 Å². The van der Waals surface area contributed by atoms with E-state index in [1.807, 2.05) is 0 Å². The summed E-state index contributed by atoms with van der Waals surface area (Å²) in [5, 5.41) is 5.48. The standard InChI is InChI=1S/C24H29F3N4O3S/c25-24(26,27)19-5-2-1-4-18(19)23(33)31-10-6-17(7-11-31)22-29-20(16-35-22)21(32)28-8-3-9-30-12-14-34-15-13-30/h1-2,4-5,16-17H,3,6-15H2,(H,28,32). The third-order valence-corrected chi connectivity index (χ3v) is 7.40. The molecule has 1 aromatic heterocycles. The Kier molecular flexibility index (Phi) is 8.40. The first-order valence-electron chi connectivity index (χ1n) is 11.8. The number of benzene rings is 1. The molecule has 0 bridgehead atoms. The molecule has 1 aromatic carbocycles. The molecule has 0 atom stereocenters. The Bertz CT molecular complexity index is 1020. The van der Waals surface area contributed by atoms with Crippen molar-refractivity contribution in [1.29, 1.82) is 0 Å². The minimum absolute atomic E-state index is 0.0739. The Morgan fingerprint density at radius 3 is 2.54 bits per heavy atom. The maximum absolute atomic E-state index is 13.3. The molecule has 190 valence electrons. The Morgan fingerprint density at radius 1 is 1.11 bits per heavy atom. The molecule has 35 heavy (non-hydrogen) atoms. The zero-order valence-corrected chi connectivity index (χ0v) is 20.2. The number of aromatic nitrogens is 1. The molecule has 2 saturated heterocycles.